The van der Waals surface area contributed by atoms with E-state index in [2.05, 4.69) is 7.95 Å². The fourth-order valence-electron chi connectivity index (χ4n) is 0.691. The van der Waals surface area contributed by atoms with Crippen molar-refractivity contribution in [1.82, 2.24) is 3.53 Å². The van der Waals surface area contributed by atoms with Gasteiger partial charge in [-0.3, -0.25) is 3.53 Å². The Kier molecular flexibility index (Phi) is 2.99. The summed E-state index contributed by atoms with van der Waals surface area (Å²) < 4.78 is 42.9. The Labute approximate surface area is 80.6 Å². The van der Waals surface area contributed by atoms with E-state index in [9.17, 15) is 13.2 Å². The van der Waals surface area contributed by atoms with Crippen LogP contribution < -0.4 is 3.53 Å². The molecule has 12 heavy (non-hydrogen) atoms. The topological polar surface area (TPSA) is 25.2 Å². The molecule has 1 heterocycles. The van der Waals surface area contributed by atoms with Crippen molar-refractivity contribution in [3.63, 3.8) is 0 Å². The first kappa shape index (κ1) is 9.85. The Bertz CT molecular complexity index is 258. The molecule has 0 unspecified atom stereocenters. The summed E-state index contributed by atoms with van der Waals surface area (Å²) in [4.78, 5) is 0. The van der Waals surface area contributed by atoms with E-state index in [-0.39, 0.29) is 12.3 Å². The highest BCUT2D eigenvalue weighted by Gasteiger charge is 2.34. The molecule has 0 aliphatic carbocycles. The van der Waals surface area contributed by atoms with Crippen LogP contribution in [0.3, 0.4) is 0 Å². The van der Waals surface area contributed by atoms with Gasteiger partial charge in [0, 0.05) is 22.9 Å². The van der Waals surface area contributed by atoms with Crippen molar-refractivity contribution < 1.29 is 17.6 Å². The van der Waals surface area contributed by atoms with E-state index < -0.39 is 11.9 Å². The van der Waals surface area contributed by atoms with Gasteiger partial charge in [-0.05, 0) is 12.1 Å². The van der Waals surface area contributed by atoms with Gasteiger partial charge in [-0.2, -0.15) is 13.2 Å². The number of alkyl halides is 3. The van der Waals surface area contributed by atoms with Crippen LogP contribution in [0.25, 0.3) is 0 Å². The Balaban J connectivity index is 2.77. The van der Waals surface area contributed by atoms with Crippen molar-refractivity contribution in [2.24, 2.45) is 0 Å². The van der Waals surface area contributed by atoms with Crippen LogP contribution in [-0.2, 0) is 12.7 Å². The van der Waals surface area contributed by atoms with Crippen molar-refractivity contribution in [2.75, 3.05) is 0 Å². The second-order valence-electron chi connectivity index (χ2n) is 2.07. The summed E-state index contributed by atoms with van der Waals surface area (Å²) in [6, 6.07) is 2.22. The zero-order valence-electron chi connectivity index (χ0n) is 5.78. The van der Waals surface area contributed by atoms with Gasteiger partial charge >= 0.3 is 6.18 Å². The fourth-order valence-corrected chi connectivity index (χ4v) is 1.07. The van der Waals surface area contributed by atoms with Gasteiger partial charge in [0.25, 0.3) is 0 Å². The summed E-state index contributed by atoms with van der Waals surface area (Å²) in [6.07, 6.45) is -4.39. The van der Waals surface area contributed by atoms with Crippen molar-refractivity contribution >= 4 is 22.9 Å². The van der Waals surface area contributed by atoms with Crippen molar-refractivity contribution in [3.8, 4) is 0 Å². The van der Waals surface area contributed by atoms with Crippen LogP contribution in [0.5, 0.6) is 0 Å². The maximum absolute atomic E-state index is 11.9. The standard InChI is InChI=1S/C6H5F3INO/c7-6(8,9)5-2-1-4(12-5)3-11-10/h1-2,11H,3H2. The molecule has 1 rings (SSSR count). The molecule has 0 aliphatic rings. The lowest BCUT2D eigenvalue weighted by Crippen LogP contribution is -2.02. The molecule has 0 radical (unpaired) electrons. The molecule has 0 aromatic carbocycles. The van der Waals surface area contributed by atoms with Crippen LogP contribution in [0.15, 0.2) is 16.5 Å². The molecule has 0 atom stereocenters. The molecule has 0 bridgehead atoms. The van der Waals surface area contributed by atoms with E-state index in [4.69, 9.17) is 0 Å². The highest BCUT2D eigenvalue weighted by Crippen LogP contribution is 2.30. The molecule has 0 saturated heterocycles. The average Bonchev–Trinajstić information content (AvgIpc) is 2.35. The van der Waals surface area contributed by atoms with Gasteiger partial charge in [0.05, 0.1) is 6.54 Å². The average molecular weight is 291 g/mol. The van der Waals surface area contributed by atoms with Crippen LogP contribution in [0.2, 0.25) is 0 Å². The SMILES string of the molecule is FC(F)(F)c1ccc(CNI)o1. The van der Waals surface area contributed by atoms with Gasteiger partial charge in [-0.25, -0.2) is 0 Å². The highest BCUT2D eigenvalue weighted by molar-refractivity contribution is 14.1. The van der Waals surface area contributed by atoms with E-state index >= 15 is 0 Å². The van der Waals surface area contributed by atoms with Crippen molar-refractivity contribution in [2.45, 2.75) is 12.7 Å². The number of hydrogen-bond acceptors (Lipinski definition) is 2. The lowest BCUT2D eigenvalue weighted by atomic mass is 10.4. The van der Waals surface area contributed by atoms with Crippen LogP contribution in [-0.4, -0.2) is 0 Å². The highest BCUT2D eigenvalue weighted by atomic mass is 127. The van der Waals surface area contributed by atoms with Crippen LogP contribution in [0.4, 0.5) is 13.2 Å². The number of nitrogens with one attached hydrogen (secondary N) is 1. The number of furan rings is 1. The lowest BCUT2D eigenvalue weighted by Gasteiger charge is -2.00. The Morgan fingerprint density at radius 2 is 2.08 bits per heavy atom. The summed E-state index contributed by atoms with van der Waals surface area (Å²) in [6.45, 7) is 0.288. The third-order valence-corrected chi connectivity index (χ3v) is 1.56. The smallest absolute Gasteiger partial charge is 0.449 e. The van der Waals surface area contributed by atoms with E-state index in [0.29, 0.717) is 0 Å². The monoisotopic (exact) mass is 291 g/mol. The third-order valence-electron chi connectivity index (χ3n) is 1.18. The first-order valence-corrected chi connectivity index (χ1v) is 4.11. The van der Waals surface area contributed by atoms with E-state index in [1.54, 1.807) is 0 Å². The molecule has 2 nitrogen and oxygen atoms in total. The maximum Gasteiger partial charge on any atom is 0.449 e. The van der Waals surface area contributed by atoms with Crippen molar-refractivity contribution in [3.05, 3.63) is 23.7 Å². The molecule has 0 fully saturated rings. The first-order chi connectivity index (χ1) is 5.54. The third kappa shape index (κ3) is 2.37. The lowest BCUT2D eigenvalue weighted by molar-refractivity contribution is -0.153. The van der Waals surface area contributed by atoms with Crippen molar-refractivity contribution in [1.29, 1.82) is 0 Å². The predicted molar refractivity (Wildman–Crippen MR) is 44.6 cm³/mol. The van der Waals surface area contributed by atoms with Crippen LogP contribution >= 0.6 is 22.9 Å². The van der Waals surface area contributed by atoms with Crippen LogP contribution in [0, 0.1) is 0 Å². The van der Waals surface area contributed by atoms with Gasteiger partial charge in [0.15, 0.2) is 0 Å². The molecule has 1 aromatic rings. The second kappa shape index (κ2) is 3.65. The van der Waals surface area contributed by atoms with E-state index in [1.165, 1.54) is 6.07 Å². The molecular weight excluding hydrogens is 286 g/mol. The van der Waals surface area contributed by atoms with Gasteiger partial charge in [0.1, 0.15) is 5.76 Å². The quantitative estimate of drug-likeness (QED) is 0.669. The van der Waals surface area contributed by atoms with Gasteiger partial charge < -0.3 is 4.42 Å². The first-order valence-electron chi connectivity index (χ1n) is 3.03. The molecule has 0 aliphatic heterocycles. The minimum atomic E-state index is -4.39. The minimum absolute atomic E-state index is 0.275. The van der Waals surface area contributed by atoms with Crippen LogP contribution in [0.1, 0.15) is 11.5 Å². The molecule has 6 heteroatoms. The number of hydrogen-bond donors (Lipinski definition) is 1. The molecule has 0 saturated carbocycles. The zero-order valence-corrected chi connectivity index (χ0v) is 7.94. The summed E-state index contributed by atoms with van der Waals surface area (Å²) in [5, 5.41) is 0. The summed E-state index contributed by atoms with van der Waals surface area (Å²) in [7, 11) is 0. The molecule has 0 spiro atoms. The number of halogens is 4. The zero-order chi connectivity index (χ0) is 9.19. The van der Waals surface area contributed by atoms with Gasteiger partial charge in [0.2, 0.25) is 5.76 Å². The van der Waals surface area contributed by atoms with E-state index in [1.807, 2.05) is 22.9 Å². The normalized spacial score (nSPS) is 12.0. The summed E-state index contributed by atoms with van der Waals surface area (Å²) >= 11 is 1.83. The van der Waals surface area contributed by atoms with E-state index in [0.717, 1.165) is 6.07 Å². The second-order valence-corrected chi connectivity index (χ2v) is 2.84. The minimum Gasteiger partial charge on any atom is -0.455 e. The largest absolute Gasteiger partial charge is 0.455 e. The molecule has 1 N–H and O–H groups in total. The molecule has 1 aromatic heterocycles. The fraction of sp³-hybridized carbons (Fsp3) is 0.333. The Morgan fingerprint density at radius 1 is 1.42 bits per heavy atom. The molecular formula is C6H5F3INO. The molecule has 0 amide bonds. The summed E-state index contributed by atoms with van der Waals surface area (Å²) in [5.74, 6) is -0.680. The number of rotatable bonds is 2. The Hall–Kier alpha value is -0.240. The predicted octanol–water partition coefficient (Wildman–Crippen LogP) is 2.74. The van der Waals surface area contributed by atoms with Gasteiger partial charge in [-0.15, -0.1) is 0 Å². The maximum atomic E-state index is 11.9. The summed E-state index contributed by atoms with van der Waals surface area (Å²) in [5.41, 5.74) is 0. The van der Waals surface area contributed by atoms with Gasteiger partial charge in [-0.1, -0.05) is 0 Å². The molecule has 68 valence electrons. The Morgan fingerprint density at radius 3 is 2.50 bits per heavy atom.